The predicted molar refractivity (Wildman–Crippen MR) is 118 cm³/mol. The van der Waals surface area contributed by atoms with E-state index in [9.17, 15) is 9.59 Å². The first-order chi connectivity index (χ1) is 14.6. The maximum Gasteiger partial charge on any atom is 0.231 e. The van der Waals surface area contributed by atoms with E-state index in [0.29, 0.717) is 11.7 Å². The Morgan fingerprint density at radius 1 is 1.27 bits per heavy atom. The lowest BCUT2D eigenvalue weighted by atomic mass is 10.1. The van der Waals surface area contributed by atoms with Crippen LogP contribution >= 0.6 is 23.1 Å². The minimum Gasteiger partial charge on any atom is -0.379 e. The van der Waals surface area contributed by atoms with Gasteiger partial charge in [-0.2, -0.15) is 0 Å². The van der Waals surface area contributed by atoms with Crippen LogP contribution in [0.15, 0.2) is 28.6 Å². The molecule has 1 aromatic carbocycles. The van der Waals surface area contributed by atoms with Crippen molar-refractivity contribution in [2.75, 3.05) is 55.4 Å². The van der Waals surface area contributed by atoms with Crippen LogP contribution in [0.5, 0.6) is 0 Å². The van der Waals surface area contributed by atoms with Crippen molar-refractivity contribution in [3.8, 4) is 0 Å². The molecule has 10 heteroatoms. The van der Waals surface area contributed by atoms with E-state index in [4.69, 9.17) is 4.74 Å². The Labute approximate surface area is 184 Å². The minimum absolute atomic E-state index is 0.0318. The van der Waals surface area contributed by atoms with Gasteiger partial charge in [0.2, 0.25) is 16.9 Å². The third-order valence-electron chi connectivity index (χ3n) is 5.21. The molecule has 2 aromatic rings. The molecule has 1 N–H and O–H groups in total. The Morgan fingerprint density at radius 3 is 2.80 bits per heavy atom. The SMILES string of the molecule is Cc1ccc(N2C[C@@H](C(=O)Nc3nnc(SCCN4CCOCC4)s3)CC2=O)cc1. The fourth-order valence-corrected chi connectivity index (χ4v) is 5.30. The van der Waals surface area contributed by atoms with E-state index in [1.54, 1.807) is 16.7 Å². The number of rotatable bonds is 7. The highest BCUT2D eigenvalue weighted by atomic mass is 32.2. The van der Waals surface area contributed by atoms with Crippen molar-refractivity contribution in [2.45, 2.75) is 17.7 Å². The molecular formula is C20H25N5O3S2. The van der Waals surface area contributed by atoms with Crippen LogP contribution in [0.1, 0.15) is 12.0 Å². The molecule has 8 nitrogen and oxygen atoms in total. The summed E-state index contributed by atoms with van der Waals surface area (Å²) in [6.07, 6.45) is 0.208. The number of nitrogens with zero attached hydrogens (tertiary/aromatic N) is 4. The van der Waals surface area contributed by atoms with E-state index >= 15 is 0 Å². The number of nitrogens with one attached hydrogen (secondary N) is 1. The minimum atomic E-state index is -0.389. The van der Waals surface area contributed by atoms with Gasteiger partial charge in [-0.25, -0.2) is 0 Å². The molecule has 1 aromatic heterocycles. The van der Waals surface area contributed by atoms with Crippen LogP contribution in [0.2, 0.25) is 0 Å². The highest BCUT2D eigenvalue weighted by Gasteiger charge is 2.35. The Hall–Kier alpha value is -2.01. The number of benzene rings is 1. The zero-order valence-electron chi connectivity index (χ0n) is 16.9. The third-order valence-corrected chi connectivity index (χ3v) is 7.17. The van der Waals surface area contributed by atoms with Crippen molar-refractivity contribution in [3.05, 3.63) is 29.8 Å². The maximum absolute atomic E-state index is 12.6. The molecule has 4 rings (SSSR count). The second kappa shape index (κ2) is 9.86. The lowest BCUT2D eigenvalue weighted by Crippen LogP contribution is -2.37. The molecular weight excluding hydrogens is 422 g/mol. The quantitative estimate of drug-likeness (QED) is 0.515. The van der Waals surface area contributed by atoms with Crippen LogP contribution in [0.3, 0.4) is 0 Å². The number of amides is 2. The molecule has 3 heterocycles. The molecule has 2 amide bonds. The van der Waals surface area contributed by atoms with E-state index in [1.807, 2.05) is 31.2 Å². The Balaban J connectivity index is 1.26. The zero-order chi connectivity index (χ0) is 20.9. The third kappa shape index (κ3) is 5.37. The summed E-state index contributed by atoms with van der Waals surface area (Å²) in [5.74, 6) is 0.320. The van der Waals surface area contributed by atoms with Gasteiger partial charge in [-0.1, -0.05) is 40.8 Å². The second-order valence-corrected chi connectivity index (χ2v) is 9.73. The van der Waals surface area contributed by atoms with Crippen molar-refractivity contribution >= 4 is 45.7 Å². The molecule has 2 aliphatic heterocycles. The first-order valence-corrected chi connectivity index (χ1v) is 11.8. The van der Waals surface area contributed by atoms with E-state index in [0.717, 1.165) is 54.2 Å². The molecule has 0 bridgehead atoms. The van der Waals surface area contributed by atoms with Gasteiger partial charge in [-0.05, 0) is 19.1 Å². The zero-order valence-corrected chi connectivity index (χ0v) is 18.5. The standard InChI is InChI=1S/C20H25N5O3S2/c1-14-2-4-16(5-3-14)25-13-15(12-17(25)26)18(27)21-19-22-23-20(30-19)29-11-8-24-6-9-28-10-7-24/h2-5,15H,6-13H2,1H3,(H,21,22,27)/t15-/m0/s1. The first-order valence-electron chi connectivity index (χ1n) is 10.0. The molecule has 2 saturated heterocycles. The Morgan fingerprint density at radius 2 is 2.03 bits per heavy atom. The fourth-order valence-electron chi connectivity index (χ4n) is 3.47. The van der Waals surface area contributed by atoms with Gasteiger partial charge >= 0.3 is 0 Å². The fraction of sp³-hybridized carbons (Fsp3) is 0.500. The molecule has 2 fully saturated rings. The molecule has 1 atom stereocenters. The Kier molecular flexibility index (Phi) is 6.98. The monoisotopic (exact) mass is 447 g/mol. The van der Waals surface area contributed by atoms with Gasteiger partial charge in [0.05, 0.1) is 19.1 Å². The van der Waals surface area contributed by atoms with Crippen LogP contribution < -0.4 is 10.2 Å². The lowest BCUT2D eigenvalue weighted by molar-refractivity contribution is -0.122. The number of hydrogen-bond donors (Lipinski definition) is 1. The summed E-state index contributed by atoms with van der Waals surface area (Å²) in [5, 5.41) is 11.6. The summed E-state index contributed by atoms with van der Waals surface area (Å²) in [6, 6.07) is 7.77. The van der Waals surface area contributed by atoms with Gasteiger partial charge in [0.1, 0.15) is 0 Å². The number of carbonyl (C=O) groups excluding carboxylic acids is 2. The van der Waals surface area contributed by atoms with Crippen molar-refractivity contribution in [1.29, 1.82) is 0 Å². The maximum atomic E-state index is 12.6. The van der Waals surface area contributed by atoms with Crippen molar-refractivity contribution in [3.63, 3.8) is 0 Å². The van der Waals surface area contributed by atoms with Gasteiger partial charge in [-0.15, -0.1) is 10.2 Å². The Bertz CT molecular complexity index is 883. The highest BCUT2D eigenvalue weighted by Crippen LogP contribution is 2.29. The average molecular weight is 448 g/mol. The van der Waals surface area contributed by atoms with Crippen LogP contribution in [0.4, 0.5) is 10.8 Å². The van der Waals surface area contributed by atoms with Gasteiger partial charge < -0.3 is 15.0 Å². The number of hydrogen-bond acceptors (Lipinski definition) is 8. The lowest BCUT2D eigenvalue weighted by Gasteiger charge is -2.25. The molecule has 0 radical (unpaired) electrons. The largest absolute Gasteiger partial charge is 0.379 e. The smallest absolute Gasteiger partial charge is 0.231 e. The summed E-state index contributed by atoms with van der Waals surface area (Å²) in [4.78, 5) is 29.1. The molecule has 2 aliphatic rings. The number of carbonyl (C=O) groups is 2. The van der Waals surface area contributed by atoms with Gasteiger partial charge in [0, 0.05) is 44.0 Å². The summed E-state index contributed by atoms with van der Waals surface area (Å²) in [6.45, 7) is 6.90. The summed E-state index contributed by atoms with van der Waals surface area (Å²) in [5.41, 5.74) is 1.96. The summed E-state index contributed by atoms with van der Waals surface area (Å²) < 4.78 is 6.19. The van der Waals surface area contributed by atoms with Crippen LogP contribution in [-0.2, 0) is 14.3 Å². The predicted octanol–water partition coefficient (Wildman–Crippen LogP) is 2.26. The number of aromatic nitrogens is 2. The van der Waals surface area contributed by atoms with Crippen molar-refractivity contribution in [2.24, 2.45) is 5.92 Å². The molecule has 0 aliphatic carbocycles. The van der Waals surface area contributed by atoms with E-state index in [-0.39, 0.29) is 24.2 Å². The highest BCUT2D eigenvalue weighted by molar-refractivity contribution is 8.01. The van der Waals surface area contributed by atoms with Crippen LogP contribution in [0, 0.1) is 12.8 Å². The summed E-state index contributed by atoms with van der Waals surface area (Å²) >= 11 is 3.02. The normalized spacial score (nSPS) is 20.0. The number of ether oxygens (including phenoxy) is 1. The van der Waals surface area contributed by atoms with Crippen molar-refractivity contribution < 1.29 is 14.3 Å². The number of aryl methyl sites for hydroxylation is 1. The molecule has 0 saturated carbocycles. The number of morpholine rings is 1. The first kappa shape index (κ1) is 21.2. The van der Waals surface area contributed by atoms with Gasteiger partial charge in [-0.3, -0.25) is 14.5 Å². The average Bonchev–Trinajstić information content (AvgIpc) is 3.36. The number of thioether (sulfide) groups is 1. The van der Waals surface area contributed by atoms with Crippen LogP contribution in [-0.4, -0.2) is 72.1 Å². The second-order valence-electron chi connectivity index (χ2n) is 7.41. The molecule has 30 heavy (non-hydrogen) atoms. The van der Waals surface area contributed by atoms with Gasteiger partial charge in [0.25, 0.3) is 0 Å². The van der Waals surface area contributed by atoms with Crippen molar-refractivity contribution in [1.82, 2.24) is 15.1 Å². The number of anilines is 2. The molecule has 160 valence electrons. The summed E-state index contributed by atoms with van der Waals surface area (Å²) in [7, 11) is 0. The van der Waals surface area contributed by atoms with E-state index in [2.05, 4.69) is 20.4 Å². The van der Waals surface area contributed by atoms with Crippen LogP contribution in [0.25, 0.3) is 0 Å². The van der Waals surface area contributed by atoms with E-state index in [1.165, 1.54) is 11.3 Å². The molecule has 0 unspecified atom stereocenters. The van der Waals surface area contributed by atoms with Gasteiger partial charge in [0.15, 0.2) is 4.34 Å². The topological polar surface area (TPSA) is 87.7 Å². The van der Waals surface area contributed by atoms with E-state index < -0.39 is 0 Å². The molecule has 0 spiro atoms.